The van der Waals surface area contributed by atoms with Crippen LogP contribution in [0.3, 0.4) is 0 Å². The average Bonchev–Trinajstić information content (AvgIpc) is 2.76. The number of anilines is 1. The normalized spacial score (nSPS) is 10.9. The predicted molar refractivity (Wildman–Crippen MR) is 68.1 cm³/mol. The van der Waals surface area contributed by atoms with Crippen molar-refractivity contribution >= 4 is 5.69 Å². The van der Waals surface area contributed by atoms with Gasteiger partial charge in [-0.1, -0.05) is 5.16 Å². The van der Waals surface area contributed by atoms with Crippen molar-refractivity contribution in [1.82, 2.24) is 15.0 Å². The van der Waals surface area contributed by atoms with E-state index in [0.29, 0.717) is 29.7 Å². The van der Waals surface area contributed by atoms with Crippen LogP contribution in [-0.2, 0) is 6.54 Å². The van der Waals surface area contributed by atoms with Crippen LogP contribution in [0.25, 0.3) is 11.5 Å². The lowest BCUT2D eigenvalue weighted by Gasteiger charge is -2.04. The fourth-order valence-electron chi connectivity index (χ4n) is 1.59. The number of methoxy groups -OCH3 is 1. The Morgan fingerprint density at radius 1 is 1.39 bits per heavy atom. The van der Waals surface area contributed by atoms with Crippen LogP contribution in [-0.4, -0.2) is 36.2 Å². The minimum atomic E-state index is 0.459. The zero-order chi connectivity index (χ0) is 13.1. The first-order valence-corrected chi connectivity index (χ1v) is 5.51. The molecule has 0 aliphatic rings. The van der Waals surface area contributed by atoms with Crippen molar-refractivity contribution in [2.45, 2.75) is 6.54 Å². The molecule has 0 atom stereocenters. The third-order valence-electron chi connectivity index (χ3n) is 2.40. The second kappa shape index (κ2) is 5.05. The standard InChI is InChI=1S/C12H16N4O2/c1-16(2)7-11-14-12(18-15-11)8-4-5-10(17-3)9(13)6-8/h4-6H,7,13H2,1-3H3. The quantitative estimate of drug-likeness (QED) is 0.824. The van der Waals surface area contributed by atoms with E-state index >= 15 is 0 Å². The zero-order valence-electron chi connectivity index (χ0n) is 10.7. The molecule has 1 aromatic carbocycles. The molecular weight excluding hydrogens is 232 g/mol. The molecule has 0 saturated carbocycles. The molecule has 0 spiro atoms. The molecule has 0 bridgehead atoms. The Balaban J connectivity index is 2.26. The number of hydrogen-bond acceptors (Lipinski definition) is 6. The van der Waals surface area contributed by atoms with Gasteiger partial charge in [-0.05, 0) is 32.3 Å². The molecular formula is C12H16N4O2. The summed E-state index contributed by atoms with van der Waals surface area (Å²) in [5.41, 5.74) is 7.16. The van der Waals surface area contributed by atoms with Crippen LogP contribution in [0.4, 0.5) is 5.69 Å². The molecule has 1 aromatic heterocycles. The van der Waals surface area contributed by atoms with E-state index in [4.69, 9.17) is 15.0 Å². The lowest BCUT2D eigenvalue weighted by Crippen LogP contribution is -2.11. The number of ether oxygens (including phenoxy) is 1. The minimum absolute atomic E-state index is 0.459. The van der Waals surface area contributed by atoms with Crippen LogP contribution in [0.5, 0.6) is 5.75 Å². The molecule has 6 nitrogen and oxygen atoms in total. The molecule has 0 fully saturated rings. The molecule has 96 valence electrons. The topological polar surface area (TPSA) is 77.4 Å². The maximum Gasteiger partial charge on any atom is 0.258 e. The van der Waals surface area contributed by atoms with Gasteiger partial charge in [0.05, 0.1) is 19.3 Å². The summed E-state index contributed by atoms with van der Waals surface area (Å²) < 4.78 is 10.3. The van der Waals surface area contributed by atoms with E-state index in [9.17, 15) is 0 Å². The Bertz CT molecular complexity index is 537. The molecule has 0 aliphatic heterocycles. The highest BCUT2D eigenvalue weighted by Gasteiger charge is 2.11. The Kier molecular flexibility index (Phi) is 3.47. The van der Waals surface area contributed by atoms with Gasteiger partial charge in [0.15, 0.2) is 5.82 Å². The molecule has 0 unspecified atom stereocenters. The van der Waals surface area contributed by atoms with E-state index in [0.717, 1.165) is 5.56 Å². The number of hydrogen-bond donors (Lipinski definition) is 1. The largest absolute Gasteiger partial charge is 0.495 e. The van der Waals surface area contributed by atoms with Gasteiger partial charge in [-0.2, -0.15) is 4.98 Å². The first-order valence-electron chi connectivity index (χ1n) is 5.51. The number of nitrogens with two attached hydrogens (primary N) is 1. The molecule has 2 N–H and O–H groups in total. The summed E-state index contributed by atoms with van der Waals surface area (Å²) in [6.45, 7) is 0.634. The van der Waals surface area contributed by atoms with E-state index < -0.39 is 0 Å². The minimum Gasteiger partial charge on any atom is -0.495 e. The summed E-state index contributed by atoms with van der Waals surface area (Å²) >= 11 is 0. The van der Waals surface area contributed by atoms with Gasteiger partial charge in [-0.25, -0.2) is 0 Å². The van der Waals surface area contributed by atoms with Gasteiger partial charge in [0, 0.05) is 5.56 Å². The summed E-state index contributed by atoms with van der Waals surface area (Å²) in [6, 6.07) is 5.37. The third kappa shape index (κ3) is 2.60. The van der Waals surface area contributed by atoms with E-state index in [1.807, 2.05) is 25.1 Å². The van der Waals surface area contributed by atoms with Crippen molar-refractivity contribution in [2.75, 3.05) is 26.9 Å². The molecule has 2 aromatic rings. The van der Waals surface area contributed by atoms with Gasteiger partial charge >= 0.3 is 0 Å². The second-order valence-corrected chi connectivity index (χ2v) is 4.21. The average molecular weight is 248 g/mol. The summed E-state index contributed by atoms with van der Waals surface area (Å²) in [5.74, 6) is 1.73. The van der Waals surface area contributed by atoms with Crippen LogP contribution in [0.2, 0.25) is 0 Å². The number of nitrogen functional groups attached to an aromatic ring is 1. The van der Waals surface area contributed by atoms with Crippen molar-refractivity contribution in [2.24, 2.45) is 0 Å². The fraction of sp³-hybridized carbons (Fsp3) is 0.333. The van der Waals surface area contributed by atoms with Crippen molar-refractivity contribution in [1.29, 1.82) is 0 Å². The monoisotopic (exact) mass is 248 g/mol. The van der Waals surface area contributed by atoms with E-state index in [-0.39, 0.29) is 0 Å². The molecule has 0 aliphatic carbocycles. The Morgan fingerprint density at radius 3 is 2.78 bits per heavy atom. The molecule has 0 amide bonds. The van der Waals surface area contributed by atoms with Crippen molar-refractivity contribution in [3.8, 4) is 17.2 Å². The SMILES string of the molecule is COc1ccc(-c2nc(CN(C)C)no2)cc1N. The predicted octanol–water partition coefficient (Wildman–Crippen LogP) is 1.39. The highest BCUT2D eigenvalue weighted by Crippen LogP contribution is 2.27. The highest BCUT2D eigenvalue weighted by atomic mass is 16.5. The maximum atomic E-state index is 5.83. The van der Waals surface area contributed by atoms with E-state index in [2.05, 4.69) is 10.1 Å². The fourth-order valence-corrected chi connectivity index (χ4v) is 1.59. The molecule has 18 heavy (non-hydrogen) atoms. The molecule has 6 heteroatoms. The smallest absolute Gasteiger partial charge is 0.258 e. The van der Waals surface area contributed by atoms with Crippen LogP contribution >= 0.6 is 0 Å². The van der Waals surface area contributed by atoms with Crippen LogP contribution in [0.1, 0.15) is 5.82 Å². The molecule has 0 radical (unpaired) electrons. The zero-order valence-corrected chi connectivity index (χ0v) is 10.7. The van der Waals surface area contributed by atoms with Gasteiger partial charge in [-0.3, -0.25) is 0 Å². The van der Waals surface area contributed by atoms with Gasteiger partial charge in [0.25, 0.3) is 5.89 Å². The van der Waals surface area contributed by atoms with Gasteiger partial charge < -0.3 is 19.9 Å². The Morgan fingerprint density at radius 2 is 2.17 bits per heavy atom. The maximum absolute atomic E-state index is 5.83. The number of rotatable bonds is 4. The summed E-state index contributed by atoms with van der Waals surface area (Å²) in [5, 5.41) is 3.91. The molecule has 1 heterocycles. The van der Waals surface area contributed by atoms with Gasteiger partial charge in [0.2, 0.25) is 0 Å². The Labute approximate surface area is 105 Å². The van der Waals surface area contributed by atoms with Gasteiger partial charge in [-0.15, -0.1) is 0 Å². The lowest BCUT2D eigenvalue weighted by molar-refractivity contribution is 0.365. The van der Waals surface area contributed by atoms with E-state index in [1.54, 1.807) is 19.2 Å². The first-order chi connectivity index (χ1) is 8.60. The van der Waals surface area contributed by atoms with Gasteiger partial charge in [0.1, 0.15) is 5.75 Å². The lowest BCUT2D eigenvalue weighted by atomic mass is 10.2. The molecule has 0 saturated heterocycles. The number of nitrogens with zero attached hydrogens (tertiary/aromatic N) is 3. The number of benzene rings is 1. The van der Waals surface area contributed by atoms with Crippen molar-refractivity contribution < 1.29 is 9.26 Å². The van der Waals surface area contributed by atoms with Crippen molar-refractivity contribution in [3.05, 3.63) is 24.0 Å². The van der Waals surface area contributed by atoms with Crippen LogP contribution in [0.15, 0.2) is 22.7 Å². The first kappa shape index (κ1) is 12.4. The number of aromatic nitrogens is 2. The summed E-state index contributed by atoms with van der Waals surface area (Å²) in [4.78, 5) is 6.27. The summed E-state index contributed by atoms with van der Waals surface area (Å²) in [6.07, 6.45) is 0. The second-order valence-electron chi connectivity index (χ2n) is 4.21. The van der Waals surface area contributed by atoms with Crippen LogP contribution < -0.4 is 10.5 Å². The Hall–Kier alpha value is -2.08. The van der Waals surface area contributed by atoms with Crippen molar-refractivity contribution in [3.63, 3.8) is 0 Å². The van der Waals surface area contributed by atoms with Crippen LogP contribution in [0, 0.1) is 0 Å². The third-order valence-corrected chi connectivity index (χ3v) is 2.40. The van der Waals surface area contributed by atoms with E-state index in [1.165, 1.54) is 0 Å². The molecule has 2 rings (SSSR count). The summed E-state index contributed by atoms with van der Waals surface area (Å²) in [7, 11) is 5.47. The highest BCUT2D eigenvalue weighted by molar-refractivity contribution is 5.65.